The van der Waals surface area contributed by atoms with Gasteiger partial charge in [0, 0.05) is 0 Å². The first-order chi connectivity index (χ1) is 14.2. The fourth-order valence-corrected chi connectivity index (χ4v) is 4.48. The van der Waals surface area contributed by atoms with Crippen LogP contribution in [0.3, 0.4) is 0 Å². The number of rotatable bonds is 7. The molecule has 0 aliphatic heterocycles. The van der Waals surface area contributed by atoms with E-state index in [4.69, 9.17) is 4.74 Å². The number of nitrogens with zero attached hydrogens (tertiary/aromatic N) is 3. The number of hydrogen-bond acceptors (Lipinski definition) is 9. The van der Waals surface area contributed by atoms with Crippen LogP contribution in [0.4, 0.5) is 5.13 Å². The summed E-state index contributed by atoms with van der Waals surface area (Å²) >= 11 is 1.86. The van der Waals surface area contributed by atoms with Gasteiger partial charge in [-0.05, 0) is 19.4 Å². The Morgan fingerprint density at radius 2 is 2.03 bits per heavy atom. The predicted octanol–water partition coefficient (Wildman–Crippen LogP) is 2.21. The number of thiophene rings is 1. The van der Waals surface area contributed by atoms with Crippen molar-refractivity contribution in [2.75, 3.05) is 11.9 Å². The Morgan fingerprint density at radius 1 is 1.30 bits per heavy atom. The topological polar surface area (TPSA) is 140 Å². The average Bonchev–Trinajstić information content (AvgIpc) is 3.22. The molecule has 0 bridgehead atoms. The maximum absolute atomic E-state index is 12.7. The molecule has 3 rings (SSSR count). The summed E-state index contributed by atoms with van der Waals surface area (Å²) in [7, 11) is 0. The molecular weight excluding hydrogens is 432 g/mol. The van der Waals surface area contributed by atoms with Gasteiger partial charge in [0.05, 0.1) is 17.4 Å². The number of ether oxygens (including phenoxy) is 1. The smallest absolute Gasteiger partial charge is 0.350 e. The number of aryl methyl sites for hydroxylation is 2. The Kier molecular flexibility index (Phi) is 6.08. The summed E-state index contributed by atoms with van der Waals surface area (Å²) in [5.74, 6) is -2.26. The number of carbonyl (C=O) groups excluding carboxylic acids is 2. The highest BCUT2D eigenvalue weighted by atomic mass is 32.1. The number of carbonyl (C=O) groups is 3. The van der Waals surface area contributed by atoms with Crippen LogP contribution >= 0.6 is 22.7 Å². The van der Waals surface area contributed by atoms with Crippen molar-refractivity contribution in [2.24, 2.45) is 0 Å². The van der Waals surface area contributed by atoms with Gasteiger partial charge in [-0.1, -0.05) is 24.0 Å². The van der Waals surface area contributed by atoms with Crippen molar-refractivity contribution in [3.05, 3.63) is 50.3 Å². The van der Waals surface area contributed by atoms with E-state index < -0.39 is 23.4 Å². The molecule has 3 heterocycles. The number of carboxylic acids is 1. The Labute approximate surface area is 177 Å². The van der Waals surface area contributed by atoms with E-state index in [1.807, 2.05) is 0 Å². The minimum atomic E-state index is -1.14. The van der Waals surface area contributed by atoms with E-state index in [1.165, 1.54) is 19.3 Å². The van der Waals surface area contributed by atoms with Crippen LogP contribution in [-0.4, -0.2) is 44.1 Å². The predicted molar refractivity (Wildman–Crippen MR) is 112 cm³/mol. The van der Waals surface area contributed by atoms with Gasteiger partial charge in [0.1, 0.15) is 27.7 Å². The molecule has 0 radical (unpaired) electrons. The lowest BCUT2D eigenvalue weighted by atomic mass is 10.2. The van der Waals surface area contributed by atoms with Gasteiger partial charge in [-0.3, -0.25) is 14.2 Å². The number of esters is 1. The summed E-state index contributed by atoms with van der Waals surface area (Å²) in [4.78, 5) is 57.1. The number of carboxylic acid groups (broad SMARTS) is 1. The van der Waals surface area contributed by atoms with E-state index in [9.17, 15) is 24.3 Å². The van der Waals surface area contributed by atoms with Gasteiger partial charge < -0.3 is 15.2 Å². The molecule has 0 aliphatic carbocycles. The van der Waals surface area contributed by atoms with Gasteiger partial charge in [-0.15, -0.1) is 11.3 Å². The molecular formula is C18H16N4O6S2. The lowest BCUT2D eigenvalue weighted by Crippen LogP contribution is -2.27. The zero-order valence-corrected chi connectivity index (χ0v) is 17.6. The fourth-order valence-electron chi connectivity index (χ4n) is 2.63. The van der Waals surface area contributed by atoms with Crippen molar-refractivity contribution in [3.63, 3.8) is 0 Å². The summed E-state index contributed by atoms with van der Waals surface area (Å²) in [5, 5.41) is 12.1. The van der Waals surface area contributed by atoms with Crippen molar-refractivity contribution in [3.8, 4) is 0 Å². The molecule has 0 spiro atoms. The summed E-state index contributed by atoms with van der Waals surface area (Å²) in [6, 6.07) is 0. The minimum Gasteiger partial charge on any atom is -0.477 e. The lowest BCUT2D eigenvalue weighted by molar-refractivity contribution is -0.116. The van der Waals surface area contributed by atoms with Crippen molar-refractivity contribution in [1.29, 1.82) is 0 Å². The third-order valence-corrected chi connectivity index (χ3v) is 6.23. The molecule has 0 saturated heterocycles. The van der Waals surface area contributed by atoms with Crippen LogP contribution < -0.4 is 10.9 Å². The van der Waals surface area contributed by atoms with Gasteiger partial charge in [-0.2, -0.15) is 0 Å². The van der Waals surface area contributed by atoms with E-state index in [0.717, 1.165) is 27.2 Å². The Balaban J connectivity index is 1.79. The van der Waals surface area contributed by atoms with Crippen LogP contribution in [0.15, 0.2) is 23.8 Å². The molecule has 0 saturated carbocycles. The number of anilines is 1. The molecule has 156 valence electrons. The van der Waals surface area contributed by atoms with Crippen LogP contribution in [0, 0.1) is 13.8 Å². The molecule has 0 fully saturated rings. The second kappa shape index (κ2) is 8.55. The molecule has 30 heavy (non-hydrogen) atoms. The van der Waals surface area contributed by atoms with Gasteiger partial charge in [0.15, 0.2) is 5.13 Å². The lowest BCUT2D eigenvalue weighted by Gasteiger charge is -2.05. The molecule has 0 aliphatic rings. The molecule has 0 aromatic carbocycles. The standard InChI is InChI=1S/C18H16N4O6S2/c1-4-5-28-17(27)13-9(3)20-18(30-13)21-10(23)6-22-7-19-14-11(15(22)24)8(2)12(29-14)16(25)26/h4,7H,1,5-6H2,2-3H3,(H,25,26)(H,20,21,23). The maximum Gasteiger partial charge on any atom is 0.350 e. The van der Waals surface area contributed by atoms with Crippen LogP contribution in [-0.2, 0) is 16.1 Å². The van der Waals surface area contributed by atoms with Gasteiger partial charge in [0.2, 0.25) is 5.91 Å². The van der Waals surface area contributed by atoms with Gasteiger partial charge >= 0.3 is 11.9 Å². The monoisotopic (exact) mass is 448 g/mol. The van der Waals surface area contributed by atoms with Gasteiger partial charge in [0.25, 0.3) is 5.56 Å². The van der Waals surface area contributed by atoms with E-state index in [2.05, 4.69) is 21.9 Å². The summed E-state index contributed by atoms with van der Waals surface area (Å²) in [6.45, 7) is 6.31. The van der Waals surface area contributed by atoms with E-state index in [-0.39, 0.29) is 33.4 Å². The first kappa shape index (κ1) is 21.3. The van der Waals surface area contributed by atoms with E-state index >= 15 is 0 Å². The van der Waals surface area contributed by atoms with Crippen LogP contribution in [0.25, 0.3) is 10.2 Å². The quantitative estimate of drug-likeness (QED) is 0.414. The van der Waals surface area contributed by atoms with Crippen LogP contribution in [0.1, 0.15) is 30.6 Å². The average molecular weight is 448 g/mol. The Bertz CT molecular complexity index is 1240. The van der Waals surface area contributed by atoms with E-state index in [1.54, 1.807) is 6.92 Å². The molecule has 12 heteroatoms. The number of fused-ring (bicyclic) bond motifs is 1. The second-order valence-corrected chi connectivity index (χ2v) is 8.09. The summed E-state index contributed by atoms with van der Waals surface area (Å²) < 4.78 is 6.05. The fraction of sp³-hybridized carbons (Fsp3) is 0.222. The zero-order chi connectivity index (χ0) is 22.0. The van der Waals surface area contributed by atoms with Crippen molar-refractivity contribution in [1.82, 2.24) is 14.5 Å². The number of nitrogens with one attached hydrogen (secondary N) is 1. The SMILES string of the molecule is C=CCOC(=O)c1sc(NC(=O)Cn2cnc3sc(C(=O)O)c(C)c3c2=O)nc1C. The Hall–Kier alpha value is -3.38. The highest BCUT2D eigenvalue weighted by Crippen LogP contribution is 2.27. The minimum absolute atomic E-state index is 0.0333. The Morgan fingerprint density at radius 3 is 2.70 bits per heavy atom. The highest BCUT2D eigenvalue weighted by Gasteiger charge is 2.20. The first-order valence-electron chi connectivity index (χ1n) is 8.50. The van der Waals surface area contributed by atoms with Crippen molar-refractivity contribution in [2.45, 2.75) is 20.4 Å². The molecule has 1 amide bonds. The van der Waals surface area contributed by atoms with Gasteiger partial charge in [-0.25, -0.2) is 19.6 Å². The molecule has 2 N–H and O–H groups in total. The highest BCUT2D eigenvalue weighted by molar-refractivity contribution is 7.20. The largest absolute Gasteiger partial charge is 0.477 e. The number of thiazole rings is 1. The molecule has 0 atom stereocenters. The molecule has 3 aromatic heterocycles. The number of amides is 1. The third-order valence-electron chi connectivity index (χ3n) is 3.99. The summed E-state index contributed by atoms with van der Waals surface area (Å²) in [6.07, 6.45) is 2.63. The molecule has 0 unspecified atom stereocenters. The maximum atomic E-state index is 12.7. The third kappa shape index (κ3) is 4.14. The van der Waals surface area contributed by atoms with Crippen LogP contribution in [0.2, 0.25) is 0 Å². The summed E-state index contributed by atoms with van der Waals surface area (Å²) in [5.41, 5.74) is 0.202. The molecule has 3 aromatic rings. The zero-order valence-electron chi connectivity index (χ0n) is 15.9. The normalized spacial score (nSPS) is 10.7. The van der Waals surface area contributed by atoms with Crippen molar-refractivity contribution >= 4 is 55.9 Å². The number of aromatic nitrogens is 3. The van der Waals surface area contributed by atoms with E-state index in [0.29, 0.717) is 16.1 Å². The number of aromatic carboxylic acids is 1. The molecule has 10 nitrogen and oxygen atoms in total. The first-order valence-corrected chi connectivity index (χ1v) is 10.1. The van der Waals surface area contributed by atoms with Crippen molar-refractivity contribution < 1.29 is 24.2 Å². The second-order valence-electron chi connectivity index (χ2n) is 6.09. The van der Waals surface area contributed by atoms with Crippen LogP contribution in [0.5, 0.6) is 0 Å². The number of hydrogen-bond donors (Lipinski definition) is 2.